The quantitative estimate of drug-likeness (QED) is 0.733. The lowest BCUT2D eigenvalue weighted by Gasteiger charge is -2.29. The first-order valence-corrected chi connectivity index (χ1v) is 8.88. The molecule has 0 saturated heterocycles. The molecule has 1 aliphatic carbocycles. The molecule has 3 N–H and O–H groups in total. The van der Waals surface area contributed by atoms with E-state index in [1.807, 2.05) is 24.3 Å². The van der Waals surface area contributed by atoms with Crippen molar-refractivity contribution in [2.24, 2.45) is 5.92 Å². The average molecular weight is 357 g/mol. The van der Waals surface area contributed by atoms with Crippen LogP contribution in [0.5, 0.6) is 0 Å². The van der Waals surface area contributed by atoms with Gasteiger partial charge in [0.05, 0.1) is 0 Å². The summed E-state index contributed by atoms with van der Waals surface area (Å²) in [6, 6.07) is 8.62. The maximum atomic E-state index is 12.0. The van der Waals surface area contributed by atoms with E-state index in [4.69, 9.17) is 4.74 Å². The number of nitrogens with one attached hydrogen (secondary N) is 3. The van der Waals surface area contributed by atoms with E-state index < -0.39 is 24.5 Å². The van der Waals surface area contributed by atoms with Gasteiger partial charge in [-0.25, -0.2) is 9.59 Å². The normalized spacial score (nSPS) is 19.7. The predicted molar refractivity (Wildman–Crippen MR) is 96.7 cm³/mol. The molecule has 2 aromatic rings. The number of hydrogen-bond acceptors (Lipinski definition) is 4. The van der Waals surface area contributed by atoms with Gasteiger partial charge >= 0.3 is 12.0 Å². The number of H-pyrrole nitrogens is 1. The van der Waals surface area contributed by atoms with Crippen LogP contribution in [0.1, 0.15) is 43.1 Å². The fourth-order valence-electron chi connectivity index (χ4n) is 3.29. The number of amides is 3. The number of carbonyl (C=O) groups is 3. The second-order valence-electron chi connectivity index (χ2n) is 6.74. The third kappa shape index (κ3) is 4.41. The molecule has 3 rings (SSSR count). The predicted octanol–water partition coefficient (Wildman–Crippen LogP) is 2.73. The summed E-state index contributed by atoms with van der Waals surface area (Å²) >= 11 is 0. The molecule has 0 bridgehead atoms. The second-order valence-corrected chi connectivity index (χ2v) is 6.74. The molecular weight excluding hydrogens is 334 g/mol. The molecule has 0 aliphatic heterocycles. The smallest absolute Gasteiger partial charge is 0.355 e. The number of urea groups is 1. The van der Waals surface area contributed by atoms with Gasteiger partial charge in [-0.05, 0) is 30.9 Å². The van der Waals surface area contributed by atoms with E-state index >= 15 is 0 Å². The van der Waals surface area contributed by atoms with Gasteiger partial charge in [0, 0.05) is 16.9 Å². The van der Waals surface area contributed by atoms with Gasteiger partial charge in [-0.1, -0.05) is 38.0 Å². The largest absolute Gasteiger partial charge is 0.451 e. The summed E-state index contributed by atoms with van der Waals surface area (Å²) < 4.78 is 4.97. The highest BCUT2D eigenvalue weighted by atomic mass is 16.5. The lowest BCUT2D eigenvalue weighted by molar-refractivity contribution is -0.123. The Morgan fingerprint density at radius 1 is 1.19 bits per heavy atom. The maximum Gasteiger partial charge on any atom is 0.355 e. The monoisotopic (exact) mass is 357 g/mol. The number of rotatable bonds is 4. The van der Waals surface area contributed by atoms with Gasteiger partial charge in [0.2, 0.25) is 0 Å². The molecule has 1 aromatic carbocycles. The first kappa shape index (κ1) is 18.0. The van der Waals surface area contributed by atoms with Crippen molar-refractivity contribution < 1.29 is 19.1 Å². The lowest BCUT2D eigenvalue weighted by Crippen LogP contribution is -2.48. The van der Waals surface area contributed by atoms with E-state index in [9.17, 15) is 14.4 Å². The SMILES string of the molecule is C[C@H]1CCCC[C@H]1NC(=O)NC(=O)COC(=O)c1cc2ccccc2[nH]1. The van der Waals surface area contributed by atoms with Crippen LogP contribution in [-0.4, -0.2) is 35.5 Å². The number of ether oxygens (including phenoxy) is 1. The Morgan fingerprint density at radius 3 is 2.73 bits per heavy atom. The van der Waals surface area contributed by atoms with Crippen LogP contribution in [0, 0.1) is 5.92 Å². The van der Waals surface area contributed by atoms with Crippen molar-refractivity contribution in [2.75, 3.05) is 6.61 Å². The number of benzene rings is 1. The molecule has 1 fully saturated rings. The molecule has 3 amide bonds. The Morgan fingerprint density at radius 2 is 1.96 bits per heavy atom. The van der Waals surface area contributed by atoms with E-state index in [2.05, 4.69) is 22.5 Å². The molecule has 0 spiro atoms. The Hall–Kier alpha value is -2.83. The number of aromatic amines is 1. The average Bonchev–Trinajstić information content (AvgIpc) is 3.06. The minimum absolute atomic E-state index is 0.0745. The van der Waals surface area contributed by atoms with Crippen molar-refractivity contribution in [1.82, 2.24) is 15.6 Å². The summed E-state index contributed by atoms with van der Waals surface area (Å²) in [6.45, 7) is 1.58. The molecule has 26 heavy (non-hydrogen) atoms. The Balaban J connectivity index is 1.45. The van der Waals surface area contributed by atoms with Crippen molar-refractivity contribution in [3.8, 4) is 0 Å². The van der Waals surface area contributed by atoms with Crippen molar-refractivity contribution in [1.29, 1.82) is 0 Å². The van der Waals surface area contributed by atoms with Crippen LogP contribution in [0.4, 0.5) is 4.79 Å². The van der Waals surface area contributed by atoms with Gasteiger partial charge in [0.1, 0.15) is 5.69 Å². The summed E-state index contributed by atoms with van der Waals surface area (Å²) in [5.41, 5.74) is 1.07. The number of hydrogen-bond donors (Lipinski definition) is 3. The highest BCUT2D eigenvalue weighted by Crippen LogP contribution is 2.23. The molecule has 1 saturated carbocycles. The molecule has 2 atom stereocenters. The van der Waals surface area contributed by atoms with Crippen LogP contribution in [0.25, 0.3) is 10.9 Å². The fourth-order valence-corrected chi connectivity index (χ4v) is 3.29. The zero-order valence-corrected chi connectivity index (χ0v) is 14.7. The Labute approximate surface area is 151 Å². The third-order valence-corrected chi connectivity index (χ3v) is 4.77. The van der Waals surface area contributed by atoms with Gasteiger partial charge in [0.15, 0.2) is 6.61 Å². The summed E-state index contributed by atoms with van der Waals surface area (Å²) in [5.74, 6) is -0.905. The third-order valence-electron chi connectivity index (χ3n) is 4.77. The highest BCUT2D eigenvalue weighted by molar-refractivity contribution is 5.98. The van der Waals surface area contributed by atoms with Crippen molar-refractivity contribution >= 4 is 28.8 Å². The summed E-state index contributed by atoms with van der Waals surface area (Å²) in [6.07, 6.45) is 4.23. The molecule has 1 heterocycles. The van der Waals surface area contributed by atoms with E-state index in [1.54, 1.807) is 6.07 Å². The number of carbonyl (C=O) groups excluding carboxylic acids is 3. The van der Waals surface area contributed by atoms with Crippen molar-refractivity contribution in [3.63, 3.8) is 0 Å². The molecule has 7 nitrogen and oxygen atoms in total. The summed E-state index contributed by atoms with van der Waals surface area (Å²) in [4.78, 5) is 38.7. The molecule has 0 unspecified atom stereocenters. The van der Waals surface area contributed by atoms with Crippen LogP contribution in [-0.2, 0) is 9.53 Å². The van der Waals surface area contributed by atoms with Gasteiger partial charge in [0.25, 0.3) is 5.91 Å². The zero-order valence-electron chi connectivity index (χ0n) is 14.7. The van der Waals surface area contributed by atoms with Gasteiger partial charge in [-0.3, -0.25) is 10.1 Å². The highest BCUT2D eigenvalue weighted by Gasteiger charge is 2.23. The minimum atomic E-state index is -0.657. The van der Waals surface area contributed by atoms with E-state index in [1.165, 1.54) is 6.42 Å². The lowest BCUT2D eigenvalue weighted by atomic mass is 9.86. The Kier molecular flexibility index (Phi) is 5.55. The van der Waals surface area contributed by atoms with Crippen LogP contribution >= 0.6 is 0 Å². The van der Waals surface area contributed by atoms with Crippen LogP contribution in [0.3, 0.4) is 0 Å². The molecule has 138 valence electrons. The number of para-hydroxylation sites is 1. The standard InChI is InChI=1S/C19H23N3O4/c1-12-6-2-4-8-14(12)21-19(25)22-17(23)11-26-18(24)16-10-13-7-3-5-9-15(13)20-16/h3,5,7,9-10,12,14,20H,2,4,6,8,11H2,1H3,(H2,21,22,23,25)/t12-,14+/m0/s1. The maximum absolute atomic E-state index is 12.0. The van der Waals surface area contributed by atoms with Gasteiger partial charge in [-0.2, -0.15) is 0 Å². The first-order valence-electron chi connectivity index (χ1n) is 8.88. The molecule has 1 aliphatic rings. The zero-order chi connectivity index (χ0) is 18.5. The fraction of sp³-hybridized carbons (Fsp3) is 0.421. The van der Waals surface area contributed by atoms with E-state index in [0.29, 0.717) is 5.92 Å². The number of fused-ring (bicyclic) bond motifs is 1. The number of aromatic nitrogens is 1. The Bertz CT molecular complexity index is 781. The summed E-state index contributed by atoms with van der Waals surface area (Å²) in [5, 5.41) is 5.90. The molecule has 7 heteroatoms. The van der Waals surface area contributed by atoms with E-state index in [0.717, 1.165) is 30.2 Å². The van der Waals surface area contributed by atoms with Crippen LogP contribution in [0.2, 0.25) is 0 Å². The molecular formula is C19H23N3O4. The first-order chi connectivity index (χ1) is 12.5. The van der Waals surface area contributed by atoms with E-state index in [-0.39, 0.29) is 11.7 Å². The topological polar surface area (TPSA) is 100 Å². The van der Waals surface area contributed by atoms with Gasteiger partial charge < -0.3 is 15.0 Å². The van der Waals surface area contributed by atoms with Crippen LogP contribution in [0.15, 0.2) is 30.3 Å². The number of esters is 1. The van der Waals surface area contributed by atoms with Crippen molar-refractivity contribution in [3.05, 3.63) is 36.0 Å². The molecule has 1 aromatic heterocycles. The summed E-state index contributed by atoms with van der Waals surface area (Å²) in [7, 11) is 0. The number of imide groups is 1. The molecule has 0 radical (unpaired) electrons. The minimum Gasteiger partial charge on any atom is -0.451 e. The van der Waals surface area contributed by atoms with Crippen LogP contribution < -0.4 is 10.6 Å². The van der Waals surface area contributed by atoms with Crippen molar-refractivity contribution in [2.45, 2.75) is 38.6 Å². The van der Waals surface area contributed by atoms with Gasteiger partial charge in [-0.15, -0.1) is 0 Å². The second kappa shape index (κ2) is 8.03.